The third-order valence-electron chi connectivity index (χ3n) is 3.03. The van der Waals surface area contributed by atoms with Crippen molar-refractivity contribution in [1.29, 1.82) is 0 Å². The van der Waals surface area contributed by atoms with Crippen molar-refractivity contribution in [2.45, 2.75) is 23.8 Å². The Labute approximate surface area is 114 Å². The molecule has 3 nitrogen and oxygen atoms in total. The largest absolute Gasteiger partial charge is 0.394 e. The number of likely N-dealkylation sites (tertiary alicyclic amines) is 1. The van der Waals surface area contributed by atoms with Gasteiger partial charge in [-0.3, -0.25) is 4.79 Å². The van der Waals surface area contributed by atoms with Gasteiger partial charge in [-0.25, -0.2) is 0 Å². The van der Waals surface area contributed by atoms with E-state index in [1.165, 1.54) is 0 Å². The minimum Gasteiger partial charge on any atom is -0.394 e. The SMILES string of the molecule is O=C(c1cc(S)ccc1Br)N1CCCC1CO. The molecule has 1 atom stereocenters. The van der Waals surface area contributed by atoms with Crippen molar-refractivity contribution in [3.8, 4) is 0 Å². The smallest absolute Gasteiger partial charge is 0.255 e. The summed E-state index contributed by atoms with van der Waals surface area (Å²) in [6, 6.07) is 5.36. The first-order valence-electron chi connectivity index (χ1n) is 5.54. The molecule has 1 aromatic carbocycles. The summed E-state index contributed by atoms with van der Waals surface area (Å²) in [6.45, 7) is 0.747. The molecule has 2 rings (SSSR count). The molecule has 0 saturated carbocycles. The summed E-state index contributed by atoms with van der Waals surface area (Å²) in [4.78, 5) is 14.8. The first kappa shape index (κ1) is 12.9. The normalized spacial score (nSPS) is 19.7. The lowest BCUT2D eigenvalue weighted by Crippen LogP contribution is -2.37. The number of hydrogen-bond donors (Lipinski definition) is 2. The van der Waals surface area contributed by atoms with E-state index in [-0.39, 0.29) is 18.6 Å². The Morgan fingerprint density at radius 3 is 3.06 bits per heavy atom. The predicted octanol–water partition coefficient (Wildman–Crippen LogP) is 2.33. The molecule has 1 N–H and O–H groups in total. The second-order valence-electron chi connectivity index (χ2n) is 4.14. The van der Waals surface area contributed by atoms with Crippen LogP contribution < -0.4 is 0 Å². The minimum atomic E-state index is -0.0435. The fraction of sp³-hybridized carbons (Fsp3) is 0.417. The molecule has 1 heterocycles. The van der Waals surface area contributed by atoms with Crippen molar-refractivity contribution >= 4 is 34.5 Å². The molecule has 1 aromatic rings. The molecule has 0 spiro atoms. The standard InChI is InChI=1S/C12H14BrNO2S/c13-11-4-3-9(17)6-10(11)12(16)14-5-1-2-8(14)7-15/h3-4,6,8,15,17H,1-2,5,7H2. The fourth-order valence-corrected chi connectivity index (χ4v) is 2.74. The number of carbonyl (C=O) groups is 1. The fourth-order valence-electron chi connectivity index (χ4n) is 2.12. The van der Waals surface area contributed by atoms with E-state index >= 15 is 0 Å². The summed E-state index contributed by atoms with van der Waals surface area (Å²) in [5, 5.41) is 9.24. The quantitative estimate of drug-likeness (QED) is 0.822. The summed E-state index contributed by atoms with van der Waals surface area (Å²) < 4.78 is 0.767. The lowest BCUT2D eigenvalue weighted by Gasteiger charge is -2.23. The van der Waals surface area contributed by atoms with E-state index in [1.54, 1.807) is 11.0 Å². The highest BCUT2D eigenvalue weighted by molar-refractivity contribution is 9.10. The van der Waals surface area contributed by atoms with Gasteiger partial charge in [0, 0.05) is 15.9 Å². The van der Waals surface area contributed by atoms with Crippen molar-refractivity contribution < 1.29 is 9.90 Å². The molecule has 0 aliphatic carbocycles. The van der Waals surface area contributed by atoms with Crippen LogP contribution in [0.1, 0.15) is 23.2 Å². The van der Waals surface area contributed by atoms with Crippen molar-refractivity contribution in [2.75, 3.05) is 13.2 Å². The Morgan fingerprint density at radius 2 is 2.35 bits per heavy atom. The maximum atomic E-state index is 12.3. The number of amides is 1. The molecule has 0 bridgehead atoms. The van der Waals surface area contributed by atoms with Crippen molar-refractivity contribution in [1.82, 2.24) is 4.90 Å². The van der Waals surface area contributed by atoms with Crippen LogP contribution in [-0.4, -0.2) is 35.1 Å². The number of aliphatic hydroxyl groups is 1. The van der Waals surface area contributed by atoms with Crippen LogP contribution in [0.4, 0.5) is 0 Å². The van der Waals surface area contributed by atoms with Crippen LogP contribution in [-0.2, 0) is 0 Å². The predicted molar refractivity (Wildman–Crippen MR) is 72.5 cm³/mol. The van der Waals surface area contributed by atoms with Gasteiger partial charge in [-0.1, -0.05) is 0 Å². The van der Waals surface area contributed by atoms with Crippen LogP contribution in [0.15, 0.2) is 27.6 Å². The number of thiol groups is 1. The summed E-state index contributed by atoms with van der Waals surface area (Å²) in [7, 11) is 0. The molecular formula is C12H14BrNO2S. The summed E-state index contributed by atoms with van der Waals surface area (Å²) in [5.41, 5.74) is 0.609. The number of rotatable bonds is 2. The average Bonchev–Trinajstić information content (AvgIpc) is 2.79. The number of carbonyl (C=O) groups excluding carboxylic acids is 1. The average molecular weight is 316 g/mol. The van der Waals surface area contributed by atoms with Gasteiger partial charge >= 0.3 is 0 Å². The third kappa shape index (κ3) is 2.67. The Kier molecular flexibility index (Phi) is 4.12. The van der Waals surface area contributed by atoms with Gasteiger partial charge in [-0.15, -0.1) is 12.6 Å². The van der Waals surface area contributed by atoms with Gasteiger partial charge in [0.2, 0.25) is 0 Å². The van der Waals surface area contributed by atoms with E-state index < -0.39 is 0 Å². The number of nitrogens with zero attached hydrogens (tertiary/aromatic N) is 1. The van der Waals surface area contributed by atoms with Crippen LogP contribution in [0.3, 0.4) is 0 Å². The highest BCUT2D eigenvalue weighted by atomic mass is 79.9. The molecule has 5 heteroatoms. The van der Waals surface area contributed by atoms with Crippen molar-refractivity contribution in [3.05, 3.63) is 28.2 Å². The number of hydrogen-bond acceptors (Lipinski definition) is 3. The van der Waals surface area contributed by atoms with Crippen molar-refractivity contribution in [2.24, 2.45) is 0 Å². The Hall–Kier alpha value is -0.520. The van der Waals surface area contributed by atoms with Gasteiger partial charge in [0.05, 0.1) is 18.2 Å². The molecule has 1 amide bonds. The maximum absolute atomic E-state index is 12.3. The monoisotopic (exact) mass is 315 g/mol. The zero-order valence-corrected chi connectivity index (χ0v) is 11.7. The van der Waals surface area contributed by atoms with Crippen molar-refractivity contribution in [3.63, 3.8) is 0 Å². The van der Waals surface area contributed by atoms with E-state index in [0.29, 0.717) is 12.1 Å². The second kappa shape index (κ2) is 5.42. The molecule has 1 fully saturated rings. The summed E-state index contributed by atoms with van der Waals surface area (Å²) in [6.07, 6.45) is 1.83. The van der Waals surface area contributed by atoms with Gasteiger partial charge in [0.15, 0.2) is 0 Å². The first-order valence-corrected chi connectivity index (χ1v) is 6.78. The van der Waals surface area contributed by atoms with Gasteiger partial charge < -0.3 is 10.0 Å². The van der Waals surface area contributed by atoms with E-state index in [2.05, 4.69) is 28.6 Å². The molecule has 1 aliphatic heterocycles. The lowest BCUT2D eigenvalue weighted by atomic mass is 10.1. The van der Waals surface area contributed by atoms with Crippen LogP contribution in [0, 0.1) is 0 Å². The molecule has 1 unspecified atom stereocenters. The van der Waals surface area contributed by atoms with E-state index in [4.69, 9.17) is 0 Å². The highest BCUT2D eigenvalue weighted by Gasteiger charge is 2.29. The Balaban J connectivity index is 2.27. The van der Waals surface area contributed by atoms with E-state index in [9.17, 15) is 9.90 Å². The Morgan fingerprint density at radius 1 is 1.59 bits per heavy atom. The molecule has 0 aromatic heterocycles. The van der Waals surface area contributed by atoms with E-state index in [1.807, 2.05) is 12.1 Å². The zero-order valence-electron chi connectivity index (χ0n) is 9.27. The topological polar surface area (TPSA) is 40.5 Å². The minimum absolute atomic E-state index is 0.0317. The van der Waals surface area contributed by atoms with Gasteiger partial charge in [0.25, 0.3) is 5.91 Å². The molecule has 92 valence electrons. The van der Waals surface area contributed by atoms with Gasteiger partial charge in [-0.05, 0) is 47.0 Å². The summed E-state index contributed by atoms with van der Waals surface area (Å²) in [5.74, 6) is -0.0377. The molecule has 1 aliphatic rings. The maximum Gasteiger partial charge on any atom is 0.255 e. The number of benzene rings is 1. The van der Waals surface area contributed by atoms with Crippen LogP contribution in [0.5, 0.6) is 0 Å². The Bertz CT molecular complexity index is 439. The number of halogens is 1. The zero-order chi connectivity index (χ0) is 12.4. The van der Waals surface area contributed by atoms with E-state index in [0.717, 1.165) is 22.2 Å². The van der Waals surface area contributed by atoms with Crippen LogP contribution >= 0.6 is 28.6 Å². The summed E-state index contributed by atoms with van der Waals surface area (Å²) >= 11 is 7.62. The lowest BCUT2D eigenvalue weighted by molar-refractivity contribution is 0.0676. The first-order chi connectivity index (χ1) is 8.13. The molecule has 17 heavy (non-hydrogen) atoms. The van der Waals surface area contributed by atoms with Crippen LogP contribution in [0.25, 0.3) is 0 Å². The molecule has 0 radical (unpaired) electrons. The highest BCUT2D eigenvalue weighted by Crippen LogP contribution is 2.25. The molecule has 1 saturated heterocycles. The second-order valence-corrected chi connectivity index (χ2v) is 5.51. The van der Waals surface area contributed by atoms with Gasteiger partial charge in [0.1, 0.15) is 0 Å². The van der Waals surface area contributed by atoms with Crippen LogP contribution in [0.2, 0.25) is 0 Å². The number of aliphatic hydroxyl groups excluding tert-OH is 1. The van der Waals surface area contributed by atoms with Gasteiger partial charge in [-0.2, -0.15) is 0 Å². The molecular weight excluding hydrogens is 302 g/mol. The third-order valence-corrected chi connectivity index (χ3v) is 4.00.